The quantitative estimate of drug-likeness (QED) is 0.895. The van der Waals surface area contributed by atoms with Crippen LogP contribution in [0.3, 0.4) is 0 Å². The van der Waals surface area contributed by atoms with Crippen LogP contribution in [0, 0.1) is 6.92 Å². The van der Waals surface area contributed by atoms with Crippen molar-refractivity contribution < 1.29 is 21.6 Å². The number of alkyl halides is 3. The minimum Gasteiger partial charge on any atom is -0.315 e. The highest BCUT2D eigenvalue weighted by molar-refractivity contribution is 7.89. The lowest BCUT2D eigenvalue weighted by atomic mass is 10.1. The first-order valence-corrected chi connectivity index (χ1v) is 8.09. The predicted octanol–water partition coefficient (Wildman–Crippen LogP) is 2.04. The third-order valence-corrected chi connectivity index (χ3v) is 5.09. The Balaban J connectivity index is 2.23. The van der Waals surface area contributed by atoms with Gasteiger partial charge in [-0.2, -0.15) is 13.2 Å². The summed E-state index contributed by atoms with van der Waals surface area (Å²) in [4.78, 5) is -0.110. The van der Waals surface area contributed by atoms with Gasteiger partial charge < -0.3 is 5.32 Å². The SMILES string of the molecule is Cc1cc(C(F)(F)F)ccc1S(=O)(=O)NC1CCCNC1. The van der Waals surface area contributed by atoms with Crippen LogP contribution in [-0.4, -0.2) is 27.5 Å². The van der Waals surface area contributed by atoms with Crippen molar-refractivity contribution in [3.8, 4) is 0 Å². The molecule has 118 valence electrons. The summed E-state index contributed by atoms with van der Waals surface area (Å²) in [6, 6.07) is 2.43. The molecule has 0 saturated carbocycles. The summed E-state index contributed by atoms with van der Waals surface area (Å²) >= 11 is 0. The van der Waals surface area contributed by atoms with Crippen molar-refractivity contribution in [2.24, 2.45) is 0 Å². The van der Waals surface area contributed by atoms with E-state index in [1.54, 1.807) is 0 Å². The van der Waals surface area contributed by atoms with Gasteiger partial charge in [-0.05, 0) is 50.1 Å². The zero-order chi connectivity index (χ0) is 15.7. The number of benzene rings is 1. The minimum absolute atomic E-state index is 0.0843. The Labute approximate surface area is 121 Å². The Bertz CT molecular complexity index is 608. The van der Waals surface area contributed by atoms with E-state index in [-0.39, 0.29) is 16.5 Å². The van der Waals surface area contributed by atoms with Gasteiger partial charge in [0.15, 0.2) is 0 Å². The summed E-state index contributed by atoms with van der Waals surface area (Å²) in [6.45, 7) is 2.74. The molecule has 1 unspecified atom stereocenters. The van der Waals surface area contributed by atoms with Crippen LogP contribution in [0.15, 0.2) is 23.1 Å². The van der Waals surface area contributed by atoms with Gasteiger partial charge in [-0.25, -0.2) is 13.1 Å². The van der Waals surface area contributed by atoms with Gasteiger partial charge in [0.25, 0.3) is 0 Å². The van der Waals surface area contributed by atoms with E-state index >= 15 is 0 Å². The van der Waals surface area contributed by atoms with Crippen molar-refractivity contribution in [2.75, 3.05) is 13.1 Å². The highest BCUT2D eigenvalue weighted by Crippen LogP contribution is 2.31. The maximum atomic E-state index is 12.6. The maximum Gasteiger partial charge on any atom is 0.416 e. The van der Waals surface area contributed by atoms with Gasteiger partial charge in [0.2, 0.25) is 10.0 Å². The van der Waals surface area contributed by atoms with Gasteiger partial charge >= 0.3 is 6.18 Å². The van der Waals surface area contributed by atoms with Crippen LogP contribution in [0.25, 0.3) is 0 Å². The average Bonchev–Trinajstić information content (AvgIpc) is 2.37. The Hall–Kier alpha value is -1.12. The summed E-state index contributed by atoms with van der Waals surface area (Å²) in [5, 5.41) is 3.08. The Kier molecular flexibility index (Phi) is 4.60. The molecule has 2 N–H and O–H groups in total. The molecule has 1 aromatic carbocycles. The molecular weight excluding hydrogens is 305 g/mol. The van der Waals surface area contributed by atoms with Crippen LogP contribution >= 0.6 is 0 Å². The van der Waals surface area contributed by atoms with Gasteiger partial charge in [-0.15, -0.1) is 0 Å². The summed E-state index contributed by atoms with van der Waals surface area (Å²) < 4.78 is 64.8. The van der Waals surface area contributed by atoms with E-state index < -0.39 is 21.8 Å². The summed E-state index contributed by atoms with van der Waals surface area (Å²) in [6.07, 6.45) is -2.90. The number of halogens is 3. The first-order chi connectivity index (χ1) is 9.70. The molecule has 1 atom stereocenters. The Morgan fingerprint density at radius 2 is 2.05 bits per heavy atom. The van der Waals surface area contributed by atoms with E-state index in [1.807, 2.05) is 0 Å². The number of nitrogens with one attached hydrogen (secondary N) is 2. The highest BCUT2D eigenvalue weighted by Gasteiger charge is 2.32. The van der Waals surface area contributed by atoms with Crippen molar-refractivity contribution in [3.63, 3.8) is 0 Å². The van der Waals surface area contributed by atoms with E-state index in [4.69, 9.17) is 0 Å². The van der Waals surface area contributed by atoms with Gasteiger partial charge in [0.1, 0.15) is 0 Å². The predicted molar refractivity (Wildman–Crippen MR) is 72.4 cm³/mol. The van der Waals surface area contributed by atoms with Crippen LogP contribution in [0.5, 0.6) is 0 Å². The average molecular weight is 322 g/mol. The van der Waals surface area contributed by atoms with E-state index in [1.165, 1.54) is 6.92 Å². The van der Waals surface area contributed by atoms with Gasteiger partial charge in [-0.3, -0.25) is 0 Å². The van der Waals surface area contributed by atoms with Crippen molar-refractivity contribution in [1.82, 2.24) is 10.0 Å². The molecule has 0 aliphatic carbocycles. The Morgan fingerprint density at radius 1 is 1.33 bits per heavy atom. The van der Waals surface area contributed by atoms with Crippen LogP contribution in [-0.2, 0) is 16.2 Å². The van der Waals surface area contributed by atoms with Gasteiger partial charge in [-0.1, -0.05) is 0 Å². The second-order valence-electron chi connectivity index (χ2n) is 5.14. The molecule has 1 aromatic rings. The monoisotopic (exact) mass is 322 g/mol. The zero-order valence-corrected chi connectivity index (χ0v) is 12.3. The van der Waals surface area contributed by atoms with Gasteiger partial charge in [0.05, 0.1) is 10.5 Å². The maximum absolute atomic E-state index is 12.6. The second kappa shape index (κ2) is 5.94. The fourth-order valence-corrected chi connectivity index (χ4v) is 3.86. The van der Waals surface area contributed by atoms with Crippen LogP contribution < -0.4 is 10.0 Å². The van der Waals surface area contributed by atoms with E-state index in [9.17, 15) is 21.6 Å². The molecule has 0 aromatic heterocycles. The lowest BCUT2D eigenvalue weighted by molar-refractivity contribution is -0.137. The molecule has 2 rings (SSSR count). The fourth-order valence-electron chi connectivity index (χ4n) is 2.36. The first kappa shape index (κ1) is 16.3. The smallest absolute Gasteiger partial charge is 0.315 e. The lowest BCUT2D eigenvalue weighted by Gasteiger charge is -2.24. The number of aryl methyl sites for hydroxylation is 1. The molecule has 4 nitrogen and oxygen atoms in total. The topological polar surface area (TPSA) is 58.2 Å². The highest BCUT2D eigenvalue weighted by atomic mass is 32.2. The third kappa shape index (κ3) is 3.96. The molecule has 1 aliphatic heterocycles. The molecule has 0 bridgehead atoms. The van der Waals surface area contributed by atoms with Crippen LogP contribution in [0.1, 0.15) is 24.0 Å². The lowest BCUT2D eigenvalue weighted by Crippen LogP contribution is -2.45. The molecule has 1 fully saturated rings. The summed E-state index contributed by atoms with van der Waals surface area (Å²) in [7, 11) is -3.81. The minimum atomic E-state index is -4.48. The molecular formula is C13H17F3N2O2S. The van der Waals surface area contributed by atoms with Crippen molar-refractivity contribution >= 4 is 10.0 Å². The molecule has 0 spiro atoms. The zero-order valence-electron chi connectivity index (χ0n) is 11.5. The van der Waals surface area contributed by atoms with Crippen molar-refractivity contribution in [3.05, 3.63) is 29.3 Å². The van der Waals surface area contributed by atoms with Gasteiger partial charge in [0, 0.05) is 12.6 Å². The van der Waals surface area contributed by atoms with Crippen LogP contribution in [0.4, 0.5) is 13.2 Å². The standard InChI is InChI=1S/C13H17F3N2O2S/c1-9-7-10(13(14,15)16)4-5-12(9)21(19,20)18-11-3-2-6-17-8-11/h4-5,7,11,17-18H,2-3,6,8H2,1H3. The largest absolute Gasteiger partial charge is 0.416 e. The molecule has 1 saturated heterocycles. The summed E-state index contributed by atoms with van der Waals surface area (Å²) in [5.41, 5.74) is -0.764. The number of rotatable bonds is 3. The molecule has 0 amide bonds. The third-order valence-electron chi connectivity index (χ3n) is 3.41. The number of sulfonamides is 1. The molecule has 1 heterocycles. The van der Waals surface area contributed by atoms with E-state index in [0.29, 0.717) is 13.0 Å². The molecule has 1 aliphatic rings. The Morgan fingerprint density at radius 3 is 2.57 bits per heavy atom. The van der Waals surface area contributed by atoms with E-state index in [2.05, 4.69) is 10.0 Å². The fraction of sp³-hybridized carbons (Fsp3) is 0.538. The molecule has 8 heteroatoms. The second-order valence-corrected chi connectivity index (χ2v) is 6.83. The number of hydrogen-bond acceptors (Lipinski definition) is 3. The molecule has 0 radical (unpaired) electrons. The number of hydrogen-bond donors (Lipinski definition) is 2. The first-order valence-electron chi connectivity index (χ1n) is 6.61. The van der Waals surface area contributed by atoms with Crippen molar-refractivity contribution in [1.29, 1.82) is 0 Å². The number of piperidine rings is 1. The van der Waals surface area contributed by atoms with Crippen LogP contribution in [0.2, 0.25) is 0 Å². The van der Waals surface area contributed by atoms with Crippen molar-refractivity contribution in [2.45, 2.75) is 36.9 Å². The normalized spacial score (nSPS) is 20.5. The summed E-state index contributed by atoms with van der Waals surface area (Å²) in [5.74, 6) is 0. The molecule has 21 heavy (non-hydrogen) atoms. The van der Waals surface area contributed by atoms with E-state index in [0.717, 1.165) is 31.2 Å².